The van der Waals surface area contributed by atoms with Gasteiger partial charge in [0.2, 0.25) is 0 Å². The molecule has 0 aromatic heterocycles. The smallest absolute Gasteiger partial charge is 0.137 e. The molecular formula is C9H10BN3. The predicted octanol–water partition coefficient (Wildman–Crippen LogP) is 1.22. The highest BCUT2D eigenvalue weighted by molar-refractivity contribution is 6.21. The van der Waals surface area contributed by atoms with Crippen molar-refractivity contribution < 1.29 is 0 Å². The van der Waals surface area contributed by atoms with Crippen LogP contribution in [0.5, 0.6) is 0 Å². The maximum absolute atomic E-state index is 8.48. The van der Waals surface area contributed by atoms with Gasteiger partial charge >= 0.3 is 0 Å². The summed E-state index contributed by atoms with van der Waals surface area (Å²) in [5.41, 5.74) is 1.17. The van der Waals surface area contributed by atoms with Crippen LogP contribution in [0.25, 0.3) is 0 Å². The van der Waals surface area contributed by atoms with E-state index in [2.05, 4.69) is 11.9 Å². The van der Waals surface area contributed by atoms with Crippen molar-refractivity contribution in [3.63, 3.8) is 0 Å². The maximum atomic E-state index is 8.48. The fraction of sp³-hybridized carbons (Fsp3) is 0.111. The van der Waals surface area contributed by atoms with Crippen LogP contribution in [0.4, 0.5) is 0 Å². The highest BCUT2D eigenvalue weighted by atomic mass is 14.9. The van der Waals surface area contributed by atoms with E-state index < -0.39 is 0 Å². The Kier molecular flexibility index (Phi) is 5.05. The molecule has 3 nitrogen and oxygen atoms in total. The van der Waals surface area contributed by atoms with Crippen molar-refractivity contribution >= 4 is 14.1 Å². The van der Waals surface area contributed by atoms with E-state index in [1.165, 1.54) is 6.08 Å². The van der Waals surface area contributed by atoms with Gasteiger partial charge in [-0.2, -0.15) is 5.26 Å². The third kappa shape index (κ3) is 4.64. The van der Waals surface area contributed by atoms with Crippen LogP contribution in [0.1, 0.15) is 6.92 Å². The number of nitrogens with one attached hydrogen (secondary N) is 2. The summed E-state index contributed by atoms with van der Waals surface area (Å²) >= 11 is 0. The standard InChI is InChI=1S/C9H10BN3/c1-3-9(10)13-7(2)4-8(5-11)6-12/h3-5,11,13H,2H2,1H3/b8-4+,9-3-,11-5?. The predicted molar refractivity (Wildman–Crippen MR) is 54.3 cm³/mol. The van der Waals surface area contributed by atoms with E-state index in [9.17, 15) is 0 Å². The van der Waals surface area contributed by atoms with Gasteiger partial charge in [0.05, 0.1) is 5.57 Å². The van der Waals surface area contributed by atoms with Crippen LogP contribution >= 0.6 is 0 Å². The van der Waals surface area contributed by atoms with E-state index in [1.54, 1.807) is 13.0 Å². The Bertz CT molecular complexity index is 307. The van der Waals surface area contributed by atoms with Gasteiger partial charge in [0.15, 0.2) is 0 Å². The zero-order valence-corrected chi connectivity index (χ0v) is 7.46. The first-order valence-electron chi connectivity index (χ1n) is 3.64. The minimum absolute atomic E-state index is 0.224. The summed E-state index contributed by atoms with van der Waals surface area (Å²) in [6.07, 6.45) is 4.08. The minimum Gasteiger partial charge on any atom is -0.370 e. The number of nitrogens with zero attached hydrogens (tertiary/aromatic N) is 1. The summed E-state index contributed by atoms with van der Waals surface area (Å²) in [4.78, 5) is 0. The molecule has 0 amide bonds. The van der Waals surface area contributed by atoms with E-state index in [0.717, 1.165) is 6.21 Å². The average Bonchev–Trinajstić information content (AvgIpc) is 2.13. The van der Waals surface area contributed by atoms with Crippen LogP contribution in [-0.4, -0.2) is 14.1 Å². The number of nitriles is 1. The van der Waals surface area contributed by atoms with Crippen molar-refractivity contribution in [1.29, 1.82) is 10.7 Å². The second-order valence-electron chi connectivity index (χ2n) is 2.25. The molecule has 0 rings (SSSR count). The summed E-state index contributed by atoms with van der Waals surface area (Å²) in [6, 6.07) is 1.83. The number of allylic oxidation sites excluding steroid dienone is 3. The molecule has 0 spiro atoms. The Balaban J connectivity index is 4.40. The molecule has 2 radical (unpaired) electrons. The summed E-state index contributed by atoms with van der Waals surface area (Å²) in [6.45, 7) is 5.39. The van der Waals surface area contributed by atoms with Crippen molar-refractivity contribution in [3.05, 3.63) is 35.6 Å². The van der Waals surface area contributed by atoms with Gasteiger partial charge in [-0.25, -0.2) is 0 Å². The van der Waals surface area contributed by atoms with Gasteiger partial charge in [0.1, 0.15) is 13.9 Å². The molecule has 2 N–H and O–H groups in total. The van der Waals surface area contributed by atoms with Gasteiger partial charge in [-0.3, -0.25) is 0 Å². The van der Waals surface area contributed by atoms with Crippen LogP contribution in [0.3, 0.4) is 0 Å². The molecule has 0 fully saturated rings. The molecule has 0 aromatic rings. The maximum Gasteiger partial charge on any atom is 0.137 e. The van der Waals surface area contributed by atoms with Crippen molar-refractivity contribution in [2.75, 3.05) is 0 Å². The summed E-state index contributed by atoms with van der Waals surface area (Å²) in [5, 5.41) is 18.1. The molecule has 4 heteroatoms. The van der Waals surface area contributed by atoms with Gasteiger partial charge in [0.25, 0.3) is 0 Å². The zero-order valence-electron chi connectivity index (χ0n) is 7.46. The molecule has 0 atom stereocenters. The van der Waals surface area contributed by atoms with Crippen LogP contribution in [0.15, 0.2) is 35.6 Å². The fourth-order valence-electron chi connectivity index (χ4n) is 0.588. The van der Waals surface area contributed by atoms with E-state index in [0.29, 0.717) is 11.3 Å². The second-order valence-corrected chi connectivity index (χ2v) is 2.25. The Labute approximate surface area is 79.4 Å². The van der Waals surface area contributed by atoms with E-state index in [1.807, 2.05) is 6.07 Å². The molecule has 0 saturated heterocycles. The fourth-order valence-corrected chi connectivity index (χ4v) is 0.588. The number of hydrogen-bond acceptors (Lipinski definition) is 3. The Morgan fingerprint density at radius 2 is 2.31 bits per heavy atom. The lowest BCUT2D eigenvalue weighted by molar-refractivity contribution is 1.08. The highest BCUT2D eigenvalue weighted by Gasteiger charge is 1.92. The molecule has 0 heterocycles. The molecule has 0 aliphatic heterocycles. The van der Waals surface area contributed by atoms with Crippen molar-refractivity contribution in [2.24, 2.45) is 0 Å². The summed E-state index contributed by atoms with van der Waals surface area (Å²) in [5.74, 6) is 0. The van der Waals surface area contributed by atoms with Gasteiger partial charge in [0, 0.05) is 11.9 Å². The number of hydrogen-bond donors (Lipinski definition) is 2. The second kappa shape index (κ2) is 5.84. The monoisotopic (exact) mass is 171 g/mol. The van der Waals surface area contributed by atoms with Gasteiger partial charge < -0.3 is 10.7 Å². The zero-order chi connectivity index (χ0) is 10.3. The van der Waals surface area contributed by atoms with Gasteiger partial charge in [-0.1, -0.05) is 12.7 Å². The molecule has 0 aromatic carbocycles. The van der Waals surface area contributed by atoms with E-state index in [4.69, 9.17) is 18.5 Å². The van der Waals surface area contributed by atoms with Crippen LogP contribution in [0, 0.1) is 16.7 Å². The minimum atomic E-state index is 0.224. The van der Waals surface area contributed by atoms with E-state index >= 15 is 0 Å². The molecular weight excluding hydrogens is 161 g/mol. The van der Waals surface area contributed by atoms with Gasteiger partial charge in [-0.05, 0) is 18.6 Å². The number of rotatable bonds is 4. The Hall–Kier alpha value is -1.76. The molecule has 0 aliphatic carbocycles. The largest absolute Gasteiger partial charge is 0.370 e. The molecule has 0 saturated carbocycles. The average molecular weight is 171 g/mol. The first-order chi connectivity index (χ1) is 6.13. The van der Waals surface area contributed by atoms with Crippen molar-refractivity contribution in [1.82, 2.24) is 5.32 Å². The first kappa shape index (κ1) is 11.2. The Morgan fingerprint density at radius 1 is 1.69 bits per heavy atom. The quantitative estimate of drug-likeness (QED) is 0.289. The molecule has 64 valence electrons. The highest BCUT2D eigenvalue weighted by Crippen LogP contribution is 1.96. The lowest BCUT2D eigenvalue weighted by Crippen LogP contribution is -2.10. The van der Waals surface area contributed by atoms with Crippen molar-refractivity contribution in [3.8, 4) is 6.07 Å². The van der Waals surface area contributed by atoms with E-state index in [-0.39, 0.29) is 5.57 Å². The summed E-state index contributed by atoms with van der Waals surface area (Å²) < 4.78 is 0. The lowest BCUT2D eigenvalue weighted by Gasteiger charge is -2.05. The summed E-state index contributed by atoms with van der Waals surface area (Å²) in [7, 11) is 5.45. The molecule has 0 unspecified atom stereocenters. The third-order valence-corrected chi connectivity index (χ3v) is 1.23. The first-order valence-corrected chi connectivity index (χ1v) is 3.64. The Morgan fingerprint density at radius 3 is 2.69 bits per heavy atom. The third-order valence-electron chi connectivity index (χ3n) is 1.23. The molecule has 0 bridgehead atoms. The normalized spacial score (nSPS) is 11.7. The molecule has 13 heavy (non-hydrogen) atoms. The molecule has 0 aliphatic rings. The van der Waals surface area contributed by atoms with Crippen LogP contribution in [-0.2, 0) is 0 Å². The topological polar surface area (TPSA) is 59.7 Å². The lowest BCUT2D eigenvalue weighted by atomic mass is 10.0. The van der Waals surface area contributed by atoms with Crippen molar-refractivity contribution in [2.45, 2.75) is 6.92 Å². The SMILES string of the molecule is [B]/C(=C/C)NC(=C)/C=C(/C#N)C=N. The van der Waals surface area contributed by atoms with Crippen LogP contribution < -0.4 is 5.32 Å². The van der Waals surface area contributed by atoms with Crippen LogP contribution in [0.2, 0.25) is 0 Å². The van der Waals surface area contributed by atoms with Gasteiger partial charge in [-0.15, -0.1) is 0 Å².